The number of ether oxygens (including phenoxy) is 2. The van der Waals surface area contributed by atoms with Crippen LogP contribution in [0.3, 0.4) is 0 Å². The van der Waals surface area contributed by atoms with Crippen molar-refractivity contribution in [2.45, 2.75) is 20.3 Å². The van der Waals surface area contributed by atoms with Crippen molar-refractivity contribution in [1.29, 1.82) is 0 Å². The second kappa shape index (κ2) is 6.70. The monoisotopic (exact) mass is 274 g/mol. The van der Waals surface area contributed by atoms with Crippen molar-refractivity contribution in [3.63, 3.8) is 0 Å². The Labute approximate surface area is 118 Å². The van der Waals surface area contributed by atoms with E-state index in [9.17, 15) is 0 Å². The summed E-state index contributed by atoms with van der Waals surface area (Å²) in [6.45, 7) is 4.84. The predicted octanol–water partition coefficient (Wildman–Crippen LogP) is 2.80. The summed E-state index contributed by atoms with van der Waals surface area (Å²) in [5, 5.41) is 3.08. The normalized spacial score (nSPS) is 10.2. The lowest BCUT2D eigenvalue weighted by Gasteiger charge is -2.08. The first-order valence-electron chi connectivity index (χ1n) is 6.49. The predicted molar refractivity (Wildman–Crippen MR) is 76.4 cm³/mol. The van der Waals surface area contributed by atoms with Crippen molar-refractivity contribution in [2.24, 2.45) is 0 Å². The molecule has 0 saturated carbocycles. The summed E-state index contributed by atoms with van der Waals surface area (Å²) < 4.78 is 10.7. The van der Waals surface area contributed by atoms with Gasteiger partial charge in [0.05, 0.1) is 7.11 Å². The number of aromatic nitrogens is 3. The van der Waals surface area contributed by atoms with Crippen molar-refractivity contribution in [2.75, 3.05) is 19.0 Å². The van der Waals surface area contributed by atoms with E-state index in [0.717, 1.165) is 18.5 Å². The molecule has 1 heterocycles. The van der Waals surface area contributed by atoms with E-state index in [1.54, 1.807) is 0 Å². The zero-order chi connectivity index (χ0) is 14.4. The molecule has 0 saturated heterocycles. The van der Waals surface area contributed by atoms with Crippen molar-refractivity contribution in [3.8, 4) is 17.8 Å². The molecule has 1 aromatic heterocycles. The van der Waals surface area contributed by atoms with Gasteiger partial charge in [0, 0.05) is 6.54 Å². The second-order valence-electron chi connectivity index (χ2n) is 4.27. The lowest BCUT2D eigenvalue weighted by Crippen LogP contribution is -2.07. The standard InChI is InChI=1S/C14H18N4O2/c1-4-8-15-12-16-13(19-3)18-14(17-12)20-11-7-5-6-10(2)9-11/h5-7,9H,4,8H2,1-3H3,(H,15,16,17,18). The largest absolute Gasteiger partial charge is 0.467 e. The molecule has 6 nitrogen and oxygen atoms in total. The van der Waals surface area contributed by atoms with Gasteiger partial charge in [-0.25, -0.2) is 0 Å². The topological polar surface area (TPSA) is 69.2 Å². The van der Waals surface area contributed by atoms with E-state index in [-0.39, 0.29) is 12.0 Å². The maximum atomic E-state index is 5.64. The van der Waals surface area contributed by atoms with Crippen LogP contribution in [0.1, 0.15) is 18.9 Å². The van der Waals surface area contributed by atoms with Crippen molar-refractivity contribution in [3.05, 3.63) is 29.8 Å². The minimum Gasteiger partial charge on any atom is -0.467 e. The van der Waals surface area contributed by atoms with Gasteiger partial charge in [0.25, 0.3) is 0 Å². The van der Waals surface area contributed by atoms with Crippen LogP contribution in [-0.4, -0.2) is 28.6 Å². The smallest absolute Gasteiger partial charge is 0.330 e. The Bertz CT molecular complexity index is 575. The van der Waals surface area contributed by atoms with Gasteiger partial charge in [-0.2, -0.15) is 9.97 Å². The molecule has 0 amide bonds. The Kier molecular flexibility index (Phi) is 4.70. The molecule has 6 heteroatoms. The third-order valence-corrected chi connectivity index (χ3v) is 2.51. The fourth-order valence-electron chi connectivity index (χ4n) is 1.58. The zero-order valence-electron chi connectivity index (χ0n) is 11.9. The highest BCUT2D eigenvalue weighted by Crippen LogP contribution is 2.21. The van der Waals surface area contributed by atoms with Crippen LogP contribution in [0.25, 0.3) is 0 Å². The number of hydrogen-bond acceptors (Lipinski definition) is 6. The van der Waals surface area contributed by atoms with Crippen LogP contribution in [0.4, 0.5) is 5.95 Å². The van der Waals surface area contributed by atoms with Crippen LogP contribution in [0.15, 0.2) is 24.3 Å². The fourth-order valence-corrected chi connectivity index (χ4v) is 1.58. The lowest BCUT2D eigenvalue weighted by atomic mass is 10.2. The molecule has 2 aromatic rings. The molecular formula is C14H18N4O2. The van der Waals surface area contributed by atoms with E-state index >= 15 is 0 Å². The van der Waals surface area contributed by atoms with Crippen LogP contribution in [0.5, 0.6) is 17.8 Å². The number of methoxy groups -OCH3 is 1. The number of benzene rings is 1. The summed E-state index contributed by atoms with van der Waals surface area (Å²) in [7, 11) is 1.51. The first-order chi connectivity index (χ1) is 9.71. The van der Waals surface area contributed by atoms with E-state index in [4.69, 9.17) is 9.47 Å². The molecule has 0 spiro atoms. The number of nitrogens with zero attached hydrogens (tertiary/aromatic N) is 3. The molecule has 0 bridgehead atoms. The third-order valence-electron chi connectivity index (χ3n) is 2.51. The molecule has 0 fully saturated rings. The molecule has 20 heavy (non-hydrogen) atoms. The van der Waals surface area contributed by atoms with Crippen molar-refractivity contribution in [1.82, 2.24) is 15.0 Å². The molecule has 0 unspecified atom stereocenters. The van der Waals surface area contributed by atoms with E-state index in [2.05, 4.69) is 27.2 Å². The van der Waals surface area contributed by atoms with Gasteiger partial charge < -0.3 is 14.8 Å². The molecule has 0 atom stereocenters. The van der Waals surface area contributed by atoms with Crippen LogP contribution in [-0.2, 0) is 0 Å². The minimum absolute atomic E-state index is 0.209. The Morgan fingerprint density at radius 2 is 1.95 bits per heavy atom. The maximum absolute atomic E-state index is 5.64. The molecule has 0 aliphatic carbocycles. The first-order valence-corrected chi connectivity index (χ1v) is 6.49. The van der Waals surface area contributed by atoms with Gasteiger partial charge in [-0.3, -0.25) is 0 Å². The van der Waals surface area contributed by atoms with Crippen LogP contribution in [0, 0.1) is 6.92 Å². The van der Waals surface area contributed by atoms with E-state index in [1.807, 2.05) is 31.2 Å². The SMILES string of the molecule is CCCNc1nc(OC)nc(Oc2cccc(C)c2)n1. The van der Waals surface area contributed by atoms with Gasteiger partial charge in [0.2, 0.25) is 5.95 Å². The van der Waals surface area contributed by atoms with E-state index < -0.39 is 0 Å². The number of hydrogen-bond donors (Lipinski definition) is 1. The lowest BCUT2D eigenvalue weighted by molar-refractivity contribution is 0.360. The Hall–Kier alpha value is -2.37. The highest BCUT2D eigenvalue weighted by Gasteiger charge is 2.08. The molecule has 0 aliphatic rings. The third kappa shape index (κ3) is 3.81. The van der Waals surface area contributed by atoms with Gasteiger partial charge in [-0.05, 0) is 31.0 Å². The summed E-state index contributed by atoms with van der Waals surface area (Å²) in [6.07, 6.45) is 0.974. The first kappa shape index (κ1) is 14.0. The number of nitrogens with one attached hydrogen (secondary N) is 1. The number of aryl methyl sites for hydroxylation is 1. The average Bonchev–Trinajstić information content (AvgIpc) is 2.45. The van der Waals surface area contributed by atoms with Gasteiger partial charge in [0.1, 0.15) is 5.75 Å². The molecular weight excluding hydrogens is 256 g/mol. The van der Waals surface area contributed by atoms with Gasteiger partial charge >= 0.3 is 12.0 Å². The highest BCUT2D eigenvalue weighted by molar-refractivity contribution is 5.32. The molecule has 1 N–H and O–H groups in total. The highest BCUT2D eigenvalue weighted by atomic mass is 16.5. The minimum atomic E-state index is 0.209. The quantitative estimate of drug-likeness (QED) is 0.873. The summed E-state index contributed by atoms with van der Waals surface area (Å²) in [5.74, 6) is 1.13. The van der Waals surface area contributed by atoms with Gasteiger partial charge in [-0.15, -0.1) is 4.98 Å². The molecule has 1 aromatic carbocycles. The number of anilines is 1. The van der Waals surface area contributed by atoms with E-state index in [1.165, 1.54) is 7.11 Å². The zero-order valence-corrected chi connectivity index (χ0v) is 11.9. The van der Waals surface area contributed by atoms with Crippen molar-refractivity contribution < 1.29 is 9.47 Å². The average molecular weight is 274 g/mol. The molecule has 0 radical (unpaired) electrons. The Balaban J connectivity index is 2.21. The Morgan fingerprint density at radius 3 is 2.65 bits per heavy atom. The van der Waals surface area contributed by atoms with Gasteiger partial charge in [0.15, 0.2) is 0 Å². The summed E-state index contributed by atoms with van der Waals surface area (Å²) >= 11 is 0. The van der Waals surface area contributed by atoms with Crippen molar-refractivity contribution >= 4 is 5.95 Å². The summed E-state index contributed by atoms with van der Waals surface area (Å²) in [4.78, 5) is 12.4. The van der Waals surface area contributed by atoms with Crippen LogP contribution >= 0.6 is 0 Å². The van der Waals surface area contributed by atoms with Crippen LogP contribution < -0.4 is 14.8 Å². The summed E-state index contributed by atoms with van der Waals surface area (Å²) in [5.41, 5.74) is 1.10. The molecule has 2 rings (SSSR count). The van der Waals surface area contributed by atoms with E-state index in [0.29, 0.717) is 11.7 Å². The Morgan fingerprint density at radius 1 is 1.15 bits per heavy atom. The summed E-state index contributed by atoms with van der Waals surface area (Å²) in [6, 6.07) is 8.11. The fraction of sp³-hybridized carbons (Fsp3) is 0.357. The maximum Gasteiger partial charge on any atom is 0.330 e. The van der Waals surface area contributed by atoms with Crippen LogP contribution in [0.2, 0.25) is 0 Å². The second-order valence-corrected chi connectivity index (χ2v) is 4.27. The molecule has 0 aliphatic heterocycles. The molecule has 106 valence electrons. The number of rotatable bonds is 6. The van der Waals surface area contributed by atoms with Gasteiger partial charge in [-0.1, -0.05) is 19.1 Å².